The fourth-order valence-electron chi connectivity index (χ4n) is 2.89. The molecule has 1 aliphatic heterocycles. The van der Waals surface area contributed by atoms with E-state index in [0.717, 1.165) is 11.3 Å². The largest absolute Gasteiger partial charge is 0.378 e. The van der Waals surface area contributed by atoms with Crippen molar-refractivity contribution in [3.63, 3.8) is 0 Å². The van der Waals surface area contributed by atoms with Crippen LogP contribution in [0.25, 0.3) is 0 Å². The van der Waals surface area contributed by atoms with E-state index in [-0.39, 0.29) is 11.7 Å². The number of hydrogen-bond acceptors (Lipinski definition) is 3. The minimum Gasteiger partial charge on any atom is -0.378 e. The molecule has 0 N–H and O–H groups in total. The molecule has 1 saturated heterocycles. The average molecular weight is 326 g/mol. The number of amides is 1. The first kappa shape index (κ1) is 16.5. The summed E-state index contributed by atoms with van der Waals surface area (Å²) in [6.07, 6.45) is 0.303. The first-order chi connectivity index (χ1) is 11.6. The third kappa shape index (κ3) is 3.41. The van der Waals surface area contributed by atoms with Crippen molar-refractivity contribution < 1.29 is 14.3 Å². The molecule has 0 radical (unpaired) electrons. The molecule has 2 aromatic rings. The maximum atomic E-state index is 12.6. The van der Waals surface area contributed by atoms with Crippen molar-refractivity contribution in [1.82, 2.24) is 9.47 Å². The first-order valence-electron chi connectivity index (χ1n) is 8.18. The van der Waals surface area contributed by atoms with Gasteiger partial charge in [0, 0.05) is 31.4 Å². The zero-order valence-corrected chi connectivity index (χ0v) is 14.1. The molecule has 5 nitrogen and oxygen atoms in total. The van der Waals surface area contributed by atoms with Crippen LogP contribution in [0, 0.1) is 6.92 Å². The molecular formula is C19H22N2O3. The molecule has 0 bridgehead atoms. The quantitative estimate of drug-likeness (QED) is 0.807. The van der Waals surface area contributed by atoms with Gasteiger partial charge in [-0.05, 0) is 19.1 Å². The molecule has 0 unspecified atom stereocenters. The van der Waals surface area contributed by atoms with Gasteiger partial charge in [-0.3, -0.25) is 9.59 Å². The van der Waals surface area contributed by atoms with Crippen LogP contribution in [0.5, 0.6) is 0 Å². The van der Waals surface area contributed by atoms with Crippen LogP contribution in [0.3, 0.4) is 0 Å². The summed E-state index contributed by atoms with van der Waals surface area (Å²) < 4.78 is 7.09. The highest BCUT2D eigenvalue weighted by atomic mass is 16.5. The normalized spacial score (nSPS) is 14.7. The first-order valence-corrected chi connectivity index (χ1v) is 8.18. The number of benzene rings is 1. The summed E-state index contributed by atoms with van der Waals surface area (Å²) in [5.41, 5.74) is 3.23. The number of morpholine rings is 1. The van der Waals surface area contributed by atoms with Gasteiger partial charge in [-0.25, -0.2) is 0 Å². The average Bonchev–Trinajstić information content (AvgIpc) is 2.96. The van der Waals surface area contributed by atoms with Crippen molar-refractivity contribution in [3.8, 4) is 0 Å². The van der Waals surface area contributed by atoms with Crippen LogP contribution in [-0.4, -0.2) is 47.5 Å². The second kappa shape index (κ2) is 7.01. The van der Waals surface area contributed by atoms with E-state index in [1.165, 1.54) is 0 Å². The van der Waals surface area contributed by atoms with Gasteiger partial charge < -0.3 is 14.2 Å². The van der Waals surface area contributed by atoms with Gasteiger partial charge in [0.05, 0.1) is 25.3 Å². The van der Waals surface area contributed by atoms with Crippen molar-refractivity contribution >= 4 is 11.7 Å². The maximum absolute atomic E-state index is 12.6. The van der Waals surface area contributed by atoms with Gasteiger partial charge in [-0.2, -0.15) is 0 Å². The molecule has 0 saturated carbocycles. The number of carbonyl (C=O) groups is 2. The van der Waals surface area contributed by atoms with Crippen LogP contribution in [-0.2, 0) is 23.0 Å². The van der Waals surface area contributed by atoms with Gasteiger partial charge in [0.1, 0.15) is 0 Å². The van der Waals surface area contributed by atoms with Gasteiger partial charge in [0.15, 0.2) is 0 Å². The molecular weight excluding hydrogens is 304 g/mol. The van der Waals surface area contributed by atoms with Gasteiger partial charge in [0.25, 0.3) is 0 Å². The van der Waals surface area contributed by atoms with Gasteiger partial charge in [-0.1, -0.05) is 29.8 Å². The predicted molar refractivity (Wildman–Crippen MR) is 91.1 cm³/mol. The molecule has 1 amide bonds. The number of ether oxygens (including phenoxy) is 1. The van der Waals surface area contributed by atoms with E-state index in [1.807, 2.05) is 53.8 Å². The Balaban J connectivity index is 1.74. The fraction of sp³-hybridized carbons (Fsp3) is 0.368. The standard InChI is InChI=1S/C19H22N2O3/c1-14-3-5-15(6-4-14)19(23)17-8-7-16(20(17)2)13-18(22)21-9-11-24-12-10-21/h3-8H,9-13H2,1-2H3. The van der Waals surface area contributed by atoms with Crippen LogP contribution in [0.15, 0.2) is 36.4 Å². The molecule has 2 heterocycles. The molecule has 24 heavy (non-hydrogen) atoms. The zero-order chi connectivity index (χ0) is 17.1. The number of nitrogens with zero attached hydrogens (tertiary/aromatic N) is 2. The minimum absolute atomic E-state index is 0.0254. The highest BCUT2D eigenvalue weighted by molar-refractivity contribution is 6.08. The van der Waals surface area contributed by atoms with E-state index in [9.17, 15) is 9.59 Å². The monoisotopic (exact) mass is 326 g/mol. The van der Waals surface area contributed by atoms with Gasteiger partial charge in [0.2, 0.25) is 11.7 Å². The number of rotatable bonds is 4. The Bertz CT molecular complexity index is 740. The summed E-state index contributed by atoms with van der Waals surface area (Å²) in [6.45, 7) is 4.45. The molecule has 1 aliphatic rings. The molecule has 0 spiro atoms. The molecule has 1 aromatic carbocycles. The predicted octanol–water partition coefficient (Wildman–Crippen LogP) is 1.97. The summed E-state index contributed by atoms with van der Waals surface area (Å²) in [5.74, 6) is 0.0522. The van der Waals surface area contributed by atoms with Crippen molar-refractivity contribution in [2.75, 3.05) is 26.3 Å². The molecule has 5 heteroatoms. The third-order valence-electron chi connectivity index (χ3n) is 4.47. The summed E-state index contributed by atoms with van der Waals surface area (Å²) in [4.78, 5) is 26.8. The Morgan fingerprint density at radius 1 is 1.04 bits per heavy atom. The van der Waals surface area contributed by atoms with Crippen molar-refractivity contribution in [2.24, 2.45) is 7.05 Å². The number of hydrogen-bond donors (Lipinski definition) is 0. The number of aromatic nitrogens is 1. The highest BCUT2D eigenvalue weighted by Gasteiger charge is 2.20. The highest BCUT2D eigenvalue weighted by Crippen LogP contribution is 2.15. The fourth-order valence-corrected chi connectivity index (χ4v) is 2.89. The Morgan fingerprint density at radius 3 is 2.38 bits per heavy atom. The lowest BCUT2D eigenvalue weighted by Gasteiger charge is -2.27. The second-order valence-electron chi connectivity index (χ2n) is 6.13. The Hall–Kier alpha value is -2.40. The second-order valence-corrected chi connectivity index (χ2v) is 6.13. The Labute approximate surface area is 141 Å². The molecule has 3 rings (SSSR count). The van der Waals surface area contributed by atoms with Crippen molar-refractivity contribution in [2.45, 2.75) is 13.3 Å². The molecule has 0 atom stereocenters. The smallest absolute Gasteiger partial charge is 0.228 e. The number of aryl methyl sites for hydroxylation is 1. The van der Waals surface area contributed by atoms with E-state index in [2.05, 4.69) is 0 Å². The van der Waals surface area contributed by atoms with Crippen LogP contribution in [0.2, 0.25) is 0 Å². The summed E-state index contributed by atoms with van der Waals surface area (Å²) >= 11 is 0. The van der Waals surface area contributed by atoms with Gasteiger partial charge >= 0.3 is 0 Å². The van der Waals surface area contributed by atoms with Crippen molar-refractivity contribution in [3.05, 3.63) is 58.9 Å². The van der Waals surface area contributed by atoms with E-state index >= 15 is 0 Å². The molecule has 0 aliphatic carbocycles. The van der Waals surface area contributed by atoms with Crippen LogP contribution in [0.1, 0.15) is 27.3 Å². The molecule has 1 aromatic heterocycles. The van der Waals surface area contributed by atoms with E-state index in [0.29, 0.717) is 44.0 Å². The Morgan fingerprint density at radius 2 is 1.71 bits per heavy atom. The van der Waals surface area contributed by atoms with E-state index in [4.69, 9.17) is 4.74 Å². The van der Waals surface area contributed by atoms with Crippen LogP contribution >= 0.6 is 0 Å². The Kier molecular flexibility index (Phi) is 4.81. The van der Waals surface area contributed by atoms with E-state index < -0.39 is 0 Å². The number of carbonyl (C=O) groups excluding carboxylic acids is 2. The van der Waals surface area contributed by atoms with E-state index in [1.54, 1.807) is 6.07 Å². The lowest BCUT2D eigenvalue weighted by molar-refractivity contribution is -0.134. The third-order valence-corrected chi connectivity index (χ3v) is 4.47. The van der Waals surface area contributed by atoms with Crippen LogP contribution in [0.4, 0.5) is 0 Å². The lowest BCUT2D eigenvalue weighted by Crippen LogP contribution is -2.41. The zero-order valence-electron chi connectivity index (χ0n) is 14.1. The summed E-state index contributed by atoms with van der Waals surface area (Å²) in [5, 5.41) is 0. The summed E-state index contributed by atoms with van der Waals surface area (Å²) in [6, 6.07) is 11.2. The maximum Gasteiger partial charge on any atom is 0.228 e. The SMILES string of the molecule is Cc1ccc(C(=O)c2ccc(CC(=O)N3CCOCC3)n2C)cc1. The summed E-state index contributed by atoms with van der Waals surface area (Å²) in [7, 11) is 1.84. The topological polar surface area (TPSA) is 51.5 Å². The minimum atomic E-state index is -0.0254. The van der Waals surface area contributed by atoms with Gasteiger partial charge in [-0.15, -0.1) is 0 Å². The lowest BCUT2D eigenvalue weighted by atomic mass is 10.1. The van der Waals surface area contributed by atoms with Crippen molar-refractivity contribution in [1.29, 1.82) is 0 Å². The van der Waals surface area contributed by atoms with Crippen LogP contribution < -0.4 is 0 Å². The number of ketones is 1. The molecule has 1 fully saturated rings. The molecule has 126 valence electrons.